The Labute approximate surface area is 161 Å². The van der Waals surface area contributed by atoms with Gasteiger partial charge in [0.25, 0.3) is 11.5 Å². The van der Waals surface area contributed by atoms with Crippen molar-refractivity contribution in [3.63, 3.8) is 0 Å². The summed E-state index contributed by atoms with van der Waals surface area (Å²) in [6.07, 6.45) is 0.997. The monoisotopic (exact) mass is 376 g/mol. The Bertz CT molecular complexity index is 1200. The number of pyridine rings is 1. The normalized spacial score (nSPS) is 11.2. The third kappa shape index (κ3) is 3.15. The summed E-state index contributed by atoms with van der Waals surface area (Å²) in [6.45, 7) is 2.59. The fraction of sp³-hybridized carbons (Fsp3) is 0.182. The second kappa shape index (κ2) is 7.00. The molecule has 0 radical (unpaired) electrons. The lowest BCUT2D eigenvalue weighted by Gasteiger charge is -2.05. The largest absolute Gasteiger partial charge is 0.347 e. The lowest BCUT2D eigenvalue weighted by atomic mass is 10.1. The number of hydrogen-bond acceptors (Lipinski definition) is 3. The van der Waals surface area contributed by atoms with Gasteiger partial charge < -0.3 is 9.88 Å². The molecule has 0 saturated heterocycles. The van der Waals surface area contributed by atoms with E-state index in [1.54, 1.807) is 17.7 Å². The summed E-state index contributed by atoms with van der Waals surface area (Å²) in [5.74, 6) is -0.151. The fourth-order valence-electron chi connectivity index (χ4n) is 3.27. The van der Waals surface area contributed by atoms with Gasteiger partial charge in [-0.3, -0.25) is 9.59 Å². The zero-order valence-corrected chi connectivity index (χ0v) is 16.1. The number of carbonyl (C=O) groups is 1. The van der Waals surface area contributed by atoms with E-state index in [1.807, 2.05) is 36.4 Å². The molecule has 27 heavy (non-hydrogen) atoms. The standard InChI is InChI=1S/C22H20N2O2S/c1-3-14-8-10-15(11-9-14)13-23-21(25)19-12-17-20(27-19)16-6-4-5-7-18(16)24(2)22(17)26/h4-12H,3,13H2,1-2H3,(H,23,25). The molecule has 136 valence electrons. The smallest absolute Gasteiger partial charge is 0.261 e. The lowest BCUT2D eigenvalue weighted by Crippen LogP contribution is -2.21. The van der Waals surface area contributed by atoms with Gasteiger partial charge in [0.2, 0.25) is 0 Å². The Balaban J connectivity index is 1.65. The van der Waals surface area contributed by atoms with Gasteiger partial charge in [-0.15, -0.1) is 11.3 Å². The molecule has 2 heterocycles. The van der Waals surface area contributed by atoms with Gasteiger partial charge in [-0.2, -0.15) is 0 Å². The number of nitrogens with zero attached hydrogens (tertiary/aromatic N) is 1. The van der Waals surface area contributed by atoms with Crippen LogP contribution in [0, 0.1) is 0 Å². The first kappa shape index (κ1) is 17.5. The van der Waals surface area contributed by atoms with E-state index in [2.05, 4.69) is 24.4 Å². The van der Waals surface area contributed by atoms with Crippen LogP contribution < -0.4 is 10.9 Å². The van der Waals surface area contributed by atoms with Crippen molar-refractivity contribution < 1.29 is 4.79 Å². The third-order valence-corrected chi connectivity index (χ3v) is 6.05. The molecular formula is C22H20N2O2S. The number of rotatable bonds is 4. The zero-order valence-electron chi connectivity index (χ0n) is 15.3. The van der Waals surface area contributed by atoms with Crippen LogP contribution in [-0.2, 0) is 20.0 Å². The Morgan fingerprint density at radius 3 is 2.48 bits per heavy atom. The Morgan fingerprint density at radius 1 is 1.04 bits per heavy atom. The molecule has 0 saturated carbocycles. The molecule has 4 nitrogen and oxygen atoms in total. The number of fused-ring (bicyclic) bond motifs is 3. The average molecular weight is 376 g/mol. The second-order valence-corrected chi connectivity index (χ2v) is 7.64. The molecule has 1 amide bonds. The van der Waals surface area contributed by atoms with E-state index in [0.29, 0.717) is 16.8 Å². The van der Waals surface area contributed by atoms with E-state index in [0.717, 1.165) is 27.6 Å². The van der Waals surface area contributed by atoms with Crippen molar-refractivity contribution >= 4 is 38.2 Å². The van der Waals surface area contributed by atoms with Crippen LogP contribution in [0.4, 0.5) is 0 Å². The van der Waals surface area contributed by atoms with Crippen LogP contribution in [0.1, 0.15) is 27.7 Å². The van der Waals surface area contributed by atoms with Gasteiger partial charge in [0.1, 0.15) is 0 Å². The molecule has 0 spiro atoms. The van der Waals surface area contributed by atoms with Crippen LogP contribution in [0.2, 0.25) is 0 Å². The van der Waals surface area contributed by atoms with Crippen LogP contribution in [0.15, 0.2) is 59.4 Å². The van der Waals surface area contributed by atoms with E-state index in [9.17, 15) is 9.59 Å². The first-order chi connectivity index (χ1) is 13.1. The summed E-state index contributed by atoms with van der Waals surface area (Å²) < 4.78 is 2.51. The van der Waals surface area contributed by atoms with E-state index in [-0.39, 0.29) is 11.5 Å². The number of carbonyl (C=O) groups excluding carboxylic acids is 1. The highest BCUT2D eigenvalue weighted by Gasteiger charge is 2.16. The van der Waals surface area contributed by atoms with Gasteiger partial charge in [0.05, 0.1) is 15.8 Å². The number of aromatic nitrogens is 1. The molecule has 5 heteroatoms. The highest BCUT2D eigenvalue weighted by atomic mass is 32.1. The van der Waals surface area contributed by atoms with Crippen LogP contribution in [0.25, 0.3) is 21.0 Å². The third-order valence-electron chi connectivity index (χ3n) is 4.89. The maximum absolute atomic E-state index is 12.7. The molecule has 0 aliphatic carbocycles. The summed E-state index contributed by atoms with van der Waals surface area (Å²) in [6, 6.07) is 17.7. The molecule has 1 N–H and O–H groups in total. The number of thiophene rings is 1. The number of aryl methyl sites for hydroxylation is 2. The van der Waals surface area contributed by atoms with E-state index in [4.69, 9.17) is 0 Å². The Hall–Kier alpha value is -2.92. The number of para-hydroxylation sites is 1. The van der Waals surface area contributed by atoms with Crippen LogP contribution >= 0.6 is 11.3 Å². The highest BCUT2D eigenvalue weighted by Crippen LogP contribution is 2.30. The molecule has 0 atom stereocenters. The summed E-state index contributed by atoms with van der Waals surface area (Å²) in [4.78, 5) is 25.8. The molecule has 0 aliphatic heterocycles. The molecule has 2 aromatic carbocycles. The number of amides is 1. The topological polar surface area (TPSA) is 51.1 Å². The average Bonchev–Trinajstić information content (AvgIpc) is 3.16. The van der Waals surface area contributed by atoms with E-state index in [1.165, 1.54) is 16.9 Å². The first-order valence-corrected chi connectivity index (χ1v) is 9.77. The van der Waals surface area contributed by atoms with Gasteiger partial charge in [-0.25, -0.2) is 0 Å². The quantitative estimate of drug-likeness (QED) is 0.579. The summed E-state index contributed by atoms with van der Waals surface area (Å²) in [5.41, 5.74) is 3.13. The van der Waals surface area contributed by atoms with Crippen molar-refractivity contribution in [1.82, 2.24) is 9.88 Å². The summed E-state index contributed by atoms with van der Waals surface area (Å²) >= 11 is 1.37. The van der Waals surface area contributed by atoms with E-state index >= 15 is 0 Å². The maximum Gasteiger partial charge on any atom is 0.261 e. The fourth-order valence-corrected chi connectivity index (χ4v) is 4.37. The van der Waals surface area contributed by atoms with Crippen molar-refractivity contribution in [2.24, 2.45) is 7.05 Å². The molecule has 0 fully saturated rings. The van der Waals surface area contributed by atoms with Gasteiger partial charge in [-0.05, 0) is 29.7 Å². The molecule has 0 unspecified atom stereocenters. The number of nitrogens with one attached hydrogen (secondary N) is 1. The molecule has 4 aromatic rings. The summed E-state index contributed by atoms with van der Waals surface area (Å²) in [7, 11) is 1.77. The maximum atomic E-state index is 12.7. The minimum absolute atomic E-state index is 0.0749. The minimum atomic E-state index is -0.151. The van der Waals surface area contributed by atoms with E-state index < -0.39 is 0 Å². The van der Waals surface area contributed by atoms with Crippen molar-refractivity contribution in [2.75, 3.05) is 0 Å². The molecule has 4 rings (SSSR count). The Morgan fingerprint density at radius 2 is 1.74 bits per heavy atom. The van der Waals surface area contributed by atoms with Gasteiger partial charge in [0.15, 0.2) is 0 Å². The minimum Gasteiger partial charge on any atom is -0.347 e. The molecular weight excluding hydrogens is 356 g/mol. The first-order valence-electron chi connectivity index (χ1n) is 8.95. The zero-order chi connectivity index (χ0) is 19.0. The van der Waals surface area contributed by atoms with Crippen molar-refractivity contribution in [3.8, 4) is 0 Å². The van der Waals surface area contributed by atoms with Crippen molar-refractivity contribution in [3.05, 3.63) is 81.0 Å². The Kier molecular flexibility index (Phi) is 4.54. The number of hydrogen-bond donors (Lipinski definition) is 1. The predicted molar refractivity (Wildman–Crippen MR) is 112 cm³/mol. The number of benzene rings is 2. The van der Waals surface area contributed by atoms with Gasteiger partial charge in [0, 0.05) is 23.7 Å². The SMILES string of the molecule is CCc1ccc(CNC(=O)c2cc3c(=O)n(C)c4ccccc4c3s2)cc1. The van der Waals surface area contributed by atoms with Gasteiger partial charge >= 0.3 is 0 Å². The second-order valence-electron chi connectivity index (χ2n) is 6.59. The lowest BCUT2D eigenvalue weighted by molar-refractivity contribution is 0.0955. The van der Waals surface area contributed by atoms with Gasteiger partial charge in [-0.1, -0.05) is 49.4 Å². The van der Waals surface area contributed by atoms with Crippen molar-refractivity contribution in [1.29, 1.82) is 0 Å². The van der Waals surface area contributed by atoms with Crippen LogP contribution in [0.5, 0.6) is 0 Å². The molecule has 0 bridgehead atoms. The summed E-state index contributed by atoms with van der Waals surface area (Å²) in [5, 5.41) is 4.55. The van der Waals surface area contributed by atoms with Crippen LogP contribution in [-0.4, -0.2) is 10.5 Å². The highest BCUT2D eigenvalue weighted by molar-refractivity contribution is 7.21. The molecule has 0 aliphatic rings. The van der Waals surface area contributed by atoms with Crippen LogP contribution in [0.3, 0.4) is 0 Å². The molecule has 2 aromatic heterocycles. The van der Waals surface area contributed by atoms with Crippen molar-refractivity contribution in [2.45, 2.75) is 19.9 Å². The predicted octanol–water partition coefficient (Wildman–Crippen LogP) is 4.25.